The molecule has 0 saturated heterocycles. The van der Waals surface area contributed by atoms with Crippen LogP contribution in [0, 0.1) is 5.92 Å². The third-order valence-electron chi connectivity index (χ3n) is 3.13. The molecule has 118 valence electrons. The Morgan fingerprint density at radius 1 is 1.33 bits per heavy atom. The van der Waals surface area contributed by atoms with Crippen molar-refractivity contribution < 1.29 is 13.2 Å². The van der Waals surface area contributed by atoms with E-state index in [0.717, 1.165) is 6.42 Å². The molecule has 0 bridgehead atoms. The highest BCUT2D eigenvalue weighted by atomic mass is 35.5. The Bertz CT molecular complexity index is 615. The molecule has 1 amide bonds. The number of carbonyl (C=O) groups excluding carboxylic acids is 1. The molecule has 0 saturated carbocycles. The number of sulfone groups is 1. The number of hydrogen-bond donors (Lipinski definition) is 2. The number of nitrogen functional groups attached to an aromatic ring is 1. The fourth-order valence-corrected chi connectivity index (χ4v) is 3.31. The Morgan fingerprint density at radius 2 is 1.95 bits per heavy atom. The van der Waals surface area contributed by atoms with Gasteiger partial charge in [-0.25, -0.2) is 8.42 Å². The highest BCUT2D eigenvalue weighted by Crippen LogP contribution is 2.25. The van der Waals surface area contributed by atoms with Gasteiger partial charge in [0.25, 0.3) is 0 Å². The van der Waals surface area contributed by atoms with Gasteiger partial charge in [0, 0.05) is 11.6 Å². The van der Waals surface area contributed by atoms with Crippen LogP contribution in [0.1, 0.15) is 27.2 Å². The van der Waals surface area contributed by atoms with Crippen molar-refractivity contribution in [1.29, 1.82) is 0 Å². The van der Waals surface area contributed by atoms with E-state index in [1.54, 1.807) is 0 Å². The number of amides is 1. The molecule has 0 heterocycles. The van der Waals surface area contributed by atoms with Crippen LogP contribution in [0.2, 0.25) is 5.02 Å². The third kappa shape index (κ3) is 4.61. The van der Waals surface area contributed by atoms with Gasteiger partial charge in [-0.3, -0.25) is 4.79 Å². The fourth-order valence-electron chi connectivity index (χ4n) is 1.74. The van der Waals surface area contributed by atoms with Crippen molar-refractivity contribution in [2.24, 2.45) is 5.92 Å². The molecule has 5 nitrogen and oxygen atoms in total. The second-order valence-corrected chi connectivity index (χ2v) is 8.02. The first-order valence-corrected chi connectivity index (χ1v) is 8.65. The summed E-state index contributed by atoms with van der Waals surface area (Å²) in [6.07, 6.45) is 0.793. The molecule has 1 atom stereocenters. The highest BCUT2D eigenvalue weighted by molar-refractivity contribution is 7.93. The number of hydrogen-bond acceptors (Lipinski definition) is 4. The zero-order valence-electron chi connectivity index (χ0n) is 12.4. The summed E-state index contributed by atoms with van der Waals surface area (Å²) in [6, 6.07) is 4.12. The van der Waals surface area contributed by atoms with Crippen LogP contribution >= 0.6 is 11.6 Å². The van der Waals surface area contributed by atoms with Gasteiger partial charge >= 0.3 is 0 Å². The molecule has 0 aliphatic rings. The SMILES string of the molecule is CC(C)CCNC(=O)C(C)S(=O)(=O)c1ccc(Cl)cc1N. The number of anilines is 1. The van der Waals surface area contributed by atoms with Gasteiger partial charge in [0.1, 0.15) is 5.25 Å². The van der Waals surface area contributed by atoms with Crippen LogP contribution in [0.3, 0.4) is 0 Å². The van der Waals surface area contributed by atoms with Gasteiger partial charge in [0.15, 0.2) is 9.84 Å². The van der Waals surface area contributed by atoms with E-state index < -0.39 is 21.0 Å². The van der Waals surface area contributed by atoms with Gasteiger partial charge in [-0.1, -0.05) is 25.4 Å². The molecule has 0 radical (unpaired) electrons. The first kappa shape index (κ1) is 17.8. The quantitative estimate of drug-likeness (QED) is 0.782. The number of nitrogens with two attached hydrogens (primary N) is 1. The standard InChI is InChI=1S/C14H21ClN2O3S/c1-9(2)6-7-17-14(18)10(3)21(19,20)13-5-4-11(15)8-12(13)16/h4-5,8-10H,6-7,16H2,1-3H3,(H,17,18). The maximum absolute atomic E-state index is 12.4. The van der Waals surface area contributed by atoms with Crippen LogP contribution in [-0.2, 0) is 14.6 Å². The lowest BCUT2D eigenvalue weighted by Gasteiger charge is -2.15. The van der Waals surface area contributed by atoms with Crippen LogP contribution in [0.25, 0.3) is 0 Å². The Hall–Kier alpha value is -1.27. The Morgan fingerprint density at radius 3 is 2.48 bits per heavy atom. The Labute approximate surface area is 130 Å². The van der Waals surface area contributed by atoms with Crippen LogP contribution < -0.4 is 11.1 Å². The number of benzene rings is 1. The van der Waals surface area contributed by atoms with E-state index in [4.69, 9.17) is 17.3 Å². The van der Waals surface area contributed by atoms with Gasteiger partial charge in [0.2, 0.25) is 5.91 Å². The lowest BCUT2D eigenvalue weighted by atomic mass is 10.1. The van der Waals surface area contributed by atoms with E-state index >= 15 is 0 Å². The van der Waals surface area contributed by atoms with Crippen molar-refractivity contribution in [3.8, 4) is 0 Å². The molecule has 0 aromatic heterocycles. The Balaban J connectivity index is 2.88. The molecular weight excluding hydrogens is 312 g/mol. The smallest absolute Gasteiger partial charge is 0.238 e. The minimum absolute atomic E-state index is 0.0457. The molecule has 21 heavy (non-hydrogen) atoms. The lowest BCUT2D eigenvalue weighted by molar-refractivity contribution is -0.120. The predicted octanol–water partition coefficient (Wildman–Crippen LogP) is 2.25. The molecule has 1 aromatic rings. The maximum atomic E-state index is 12.4. The molecule has 7 heteroatoms. The summed E-state index contributed by atoms with van der Waals surface area (Å²) in [5.74, 6) is -0.0888. The van der Waals surface area contributed by atoms with Crippen molar-refractivity contribution in [3.05, 3.63) is 23.2 Å². The summed E-state index contributed by atoms with van der Waals surface area (Å²) in [5.41, 5.74) is 5.74. The summed E-state index contributed by atoms with van der Waals surface area (Å²) < 4.78 is 24.8. The summed E-state index contributed by atoms with van der Waals surface area (Å²) in [7, 11) is -3.83. The minimum atomic E-state index is -3.83. The summed E-state index contributed by atoms with van der Waals surface area (Å²) in [5, 5.41) is 1.78. The molecule has 1 unspecified atom stereocenters. The second-order valence-electron chi connectivity index (χ2n) is 5.34. The number of rotatable bonds is 6. The minimum Gasteiger partial charge on any atom is -0.398 e. The van der Waals surface area contributed by atoms with Crippen LogP contribution in [0.15, 0.2) is 23.1 Å². The summed E-state index contributed by atoms with van der Waals surface area (Å²) in [6.45, 7) is 5.86. The lowest BCUT2D eigenvalue weighted by Crippen LogP contribution is -2.38. The first-order chi connectivity index (χ1) is 9.66. The van der Waals surface area contributed by atoms with E-state index in [0.29, 0.717) is 17.5 Å². The zero-order chi connectivity index (χ0) is 16.2. The normalized spacial score (nSPS) is 13.2. The predicted molar refractivity (Wildman–Crippen MR) is 85.0 cm³/mol. The van der Waals surface area contributed by atoms with Gasteiger partial charge in [-0.2, -0.15) is 0 Å². The molecule has 1 rings (SSSR count). The van der Waals surface area contributed by atoms with Gasteiger partial charge in [0.05, 0.1) is 10.6 Å². The van der Waals surface area contributed by atoms with Crippen molar-refractivity contribution in [2.45, 2.75) is 37.3 Å². The third-order valence-corrected chi connectivity index (χ3v) is 5.50. The molecule has 1 aromatic carbocycles. The van der Waals surface area contributed by atoms with Crippen molar-refractivity contribution in [3.63, 3.8) is 0 Å². The Kier molecular flexibility index (Phi) is 6.04. The van der Waals surface area contributed by atoms with Crippen LogP contribution in [-0.4, -0.2) is 26.1 Å². The fraction of sp³-hybridized carbons (Fsp3) is 0.500. The molecule has 0 fully saturated rings. The van der Waals surface area contributed by atoms with Crippen molar-refractivity contribution in [1.82, 2.24) is 5.32 Å². The zero-order valence-corrected chi connectivity index (χ0v) is 14.0. The monoisotopic (exact) mass is 332 g/mol. The van der Waals surface area contributed by atoms with Crippen LogP contribution in [0.5, 0.6) is 0 Å². The summed E-state index contributed by atoms with van der Waals surface area (Å²) >= 11 is 5.75. The highest BCUT2D eigenvalue weighted by Gasteiger charge is 2.31. The molecule has 0 spiro atoms. The average molecular weight is 333 g/mol. The maximum Gasteiger partial charge on any atom is 0.238 e. The van der Waals surface area contributed by atoms with E-state index in [2.05, 4.69) is 5.32 Å². The first-order valence-electron chi connectivity index (χ1n) is 6.73. The number of carbonyl (C=O) groups is 1. The van der Waals surface area contributed by atoms with E-state index in [-0.39, 0.29) is 10.6 Å². The van der Waals surface area contributed by atoms with Crippen molar-refractivity contribution >= 4 is 33.0 Å². The van der Waals surface area contributed by atoms with Gasteiger partial charge in [-0.15, -0.1) is 0 Å². The number of nitrogens with one attached hydrogen (secondary N) is 1. The molecule has 0 aliphatic heterocycles. The topological polar surface area (TPSA) is 89.3 Å². The largest absolute Gasteiger partial charge is 0.398 e. The van der Waals surface area contributed by atoms with Crippen LogP contribution in [0.4, 0.5) is 5.69 Å². The van der Waals surface area contributed by atoms with E-state index in [1.165, 1.54) is 25.1 Å². The number of halogens is 1. The van der Waals surface area contributed by atoms with Gasteiger partial charge < -0.3 is 11.1 Å². The summed E-state index contributed by atoms with van der Waals surface area (Å²) in [4.78, 5) is 11.9. The molecule has 0 aliphatic carbocycles. The van der Waals surface area contributed by atoms with E-state index in [9.17, 15) is 13.2 Å². The molecule has 3 N–H and O–H groups in total. The van der Waals surface area contributed by atoms with E-state index in [1.807, 2.05) is 13.8 Å². The molecular formula is C14H21ClN2O3S. The second kappa shape index (κ2) is 7.13. The van der Waals surface area contributed by atoms with Crippen molar-refractivity contribution in [2.75, 3.05) is 12.3 Å². The average Bonchev–Trinajstić information content (AvgIpc) is 2.36. The van der Waals surface area contributed by atoms with Gasteiger partial charge in [-0.05, 0) is 37.5 Å².